The zero-order valence-electron chi connectivity index (χ0n) is 15.1. The maximum absolute atomic E-state index is 12.8. The van der Waals surface area contributed by atoms with Gasteiger partial charge in [0, 0.05) is 11.6 Å². The molecule has 1 saturated heterocycles. The second-order valence-corrected chi connectivity index (χ2v) is 7.80. The zero-order chi connectivity index (χ0) is 18.5. The molecule has 5 heteroatoms. The molecule has 5 nitrogen and oxygen atoms in total. The largest absolute Gasteiger partial charge is 0.462 e. The number of rotatable bonds is 4. The summed E-state index contributed by atoms with van der Waals surface area (Å²) >= 11 is 0. The lowest BCUT2D eigenvalue weighted by Crippen LogP contribution is -2.35. The monoisotopic (exact) mass is 363 g/mol. The van der Waals surface area contributed by atoms with Crippen molar-refractivity contribution in [2.75, 3.05) is 5.32 Å². The second kappa shape index (κ2) is 6.12. The summed E-state index contributed by atoms with van der Waals surface area (Å²) in [7, 11) is 0. The van der Waals surface area contributed by atoms with E-state index < -0.39 is 0 Å². The van der Waals surface area contributed by atoms with Crippen molar-refractivity contribution >= 4 is 17.6 Å². The number of esters is 1. The molecule has 2 aliphatic carbocycles. The van der Waals surface area contributed by atoms with Crippen molar-refractivity contribution < 1.29 is 19.1 Å². The summed E-state index contributed by atoms with van der Waals surface area (Å²) in [5, 5.41) is 2.97. The molecule has 5 atom stereocenters. The quantitative estimate of drug-likeness (QED) is 0.836. The number of ether oxygens (including phenoxy) is 2. The van der Waals surface area contributed by atoms with Crippen molar-refractivity contribution in [3.05, 3.63) is 54.1 Å². The van der Waals surface area contributed by atoms with E-state index in [0.29, 0.717) is 11.4 Å². The molecule has 1 N–H and O–H groups in total. The third-order valence-corrected chi connectivity index (χ3v) is 6.23. The normalized spacial score (nSPS) is 30.3. The van der Waals surface area contributed by atoms with E-state index in [1.54, 1.807) is 0 Å². The molecule has 3 aliphatic rings. The SMILES string of the molecule is Cc1ccccc1Oc1ccc(NC(=O)[C@@H]2[C@@H]3C[C@@H]4[C@@H]2C(=O)O[C@@H]4C3)cc1. The molecule has 2 aromatic rings. The number of carbonyl (C=O) groups is 2. The summed E-state index contributed by atoms with van der Waals surface area (Å²) in [5.74, 6) is 1.25. The molecule has 0 unspecified atom stereocenters. The highest BCUT2D eigenvalue weighted by atomic mass is 16.6. The van der Waals surface area contributed by atoms with Gasteiger partial charge in [0.2, 0.25) is 5.91 Å². The molecule has 0 radical (unpaired) electrons. The summed E-state index contributed by atoms with van der Waals surface area (Å²) in [5.41, 5.74) is 1.77. The van der Waals surface area contributed by atoms with Gasteiger partial charge in [0.15, 0.2) is 0 Å². The number of carbonyl (C=O) groups excluding carboxylic acids is 2. The van der Waals surface area contributed by atoms with Crippen LogP contribution in [0.15, 0.2) is 48.5 Å². The first kappa shape index (κ1) is 16.4. The van der Waals surface area contributed by atoms with E-state index in [1.807, 2.05) is 55.5 Å². The minimum atomic E-state index is -0.260. The van der Waals surface area contributed by atoms with Gasteiger partial charge < -0.3 is 14.8 Å². The lowest BCUT2D eigenvalue weighted by molar-refractivity contribution is -0.145. The summed E-state index contributed by atoms with van der Waals surface area (Å²) in [6.45, 7) is 2.00. The van der Waals surface area contributed by atoms with Crippen LogP contribution in [0.4, 0.5) is 5.69 Å². The van der Waals surface area contributed by atoms with Crippen molar-refractivity contribution in [3.63, 3.8) is 0 Å². The van der Waals surface area contributed by atoms with Gasteiger partial charge in [0.1, 0.15) is 17.6 Å². The predicted molar refractivity (Wildman–Crippen MR) is 99.4 cm³/mol. The van der Waals surface area contributed by atoms with Gasteiger partial charge in [0.25, 0.3) is 0 Å². The Balaban J connectivity index is 1.27. The topological polar surface area (TPSA) is 64.6 Å². The average Bonchev–Trinajstić information content (AvgIpc) is 3.27. The van der Waals surface area contributed by atoms with Gasteiger partial charge in [0.05, 0.1) is 11.8 Å². The fourth-order valence-electron chi connectivity index (χ4n) is 4.99. The molecule has 2 saturated carbocycles. The van der Waals surface area contributed by atoms with Crippen LogP contribution in [0.25, 0.3) is 0 Å². The van der Waals surface area contributed by atoms with E-state index in [9.17, 15) is 9.59 Å². The van der Waals surface area contributed by atoms with Gasteiger partial charge in [-0.3, -0.25) is 9.59 Å². The van der Waals surface area contributed by atoms with Crippen LogP contribution >= 0.6 is 0 Å². The number of anilines is 1. The maximum Gasteiger partial charge on any atom is 0.310 e. The third-order valence-electron chi connectivity index (χ3n) is 6.23. The maximum atomic E-state index is 12.8. The Morgan fingerprint density at radius 1 is 1.11 bits per heavy atom. The molecule has 27 heavy (non-hydrogen) atoms. The van der Waals surface area contributed by atoms with Crippen LogP contribution in [-0.2, 0) is 14.3 Å². The minimum Gasteiger partial charge on any atom is -0.462 e. The summed E-state index contributed by atoms with van der Waals surface area (Å²) < 4.78 is 11.3. The van der Waals surface area contributed by atoms with E-state index in [-0.39, 0.29) is 41.7 Å². The number of fused-ring (bicyclic) bond motifs is 1. The number of aryl methyl sites for hydroxylation is 1. The van der Waals surface area contributed by atoms with Gasteiger partial charge >= 0.3 is 5.97 Å². The molecule has 3 fully saturated rings. The fraction of sp³-hybridized carbons (Fsp3) is 0.364. The van der Waals surface area contributed by atoms with Gasteiger partial charge in [-0.05, 0) is 61.6 Å². The Hall–Kier alpha value is -2.82. The fourth-order valence-corrected chi connectivity index (χ4v) is 4.99. The van der Waals surface area contributed by atoms with Gasteiger partial charge in [-0.25, -0.2) is 0 Å². The molecule has 0 spiro atoms. The number of benzene rings is 2. The number of nitrogens with one attached hydrogen (secondary N) is 1. The summed E-state index contributed by atoms with van der Waals surface area (Å²) in [6.07, 6.45) is 1.81. The third kappa shape index (κ3) is 2.69. The molecule has 138 valence electrons. The number of hydrogen-bond donors (Lipinski definition) is 1. The molecule has 1 heterocycles. The Morgan fingerprint density at radius 2 is 1.89 bits per heavy atom. The first-order valence-electron chi connectivity index (χ1n) is 9.45. The van der Waals surface area contributed by atoms with E-state index >= 15 is 0 Å². The average molecular weight is 363 g/mol. The zero-order valence-corrected chi connectivity index (χ0v) is 15.1. The second-order valence-electron chi connectivity index (χ2n) is 7.80. The van der Waals surface area contributed by atoms with Crippen LogP contribution in [0.2, 0.25) is 0 Å². The van der Waals surface area contributed by atoms with Crippen molar-refractivity contribution in [2.24, 2.45) is 23.7 Å². The number of hydrogen-bond acceptors (Lipinski definition) is 4. The first-order valence-corrected chi connectivity index (χ1v) is 9.45. The highest BCUT2D eigenvalue weighted by Crippen LogP contribution is 2.57. The Morgan fingerprint density at radius 3 is 2.67 bits per heavy atom. The number of amides is 1. The van der Waals surface area contributed by atoms with Crippen LogP contribution in [0, 0.1) is 30.6 Å². The van der Waals surface area contributed by atoms with Crippen molar-refractivity contribution in [3.8, 4) is 11.5 Å². The lowest BCUT2D eigenvalue weighted by Gasteiger charge is -2.23. The Bertz CT molecular complexity index is 905. The van der Waals surface area contributed by atoms with E-state index in [2.05, 4.69) is 5.32 Å². The molecular formula is C22H21NO4. The first-order chi connectivity index (χ1) is 13.1. The Kier molecular flexibility index (Phi) is 3.71. The minimum absolute atomic E-state index is 0.0504. The van der Waals surface area contributed by atoms with Crippen molar-refractivity contribution in [2.45, 2.75) is 25.9 Å². The molecule has 5 rings (SSSR count). The highest BCUT2D eigenvalue weighted by molar-refractivity contribution is 5.97. The molecule has 1 amide bonds. The standard InChI is InChI=1S/C22H21NO4/c1-12-4-2-3-5-17(12)26-15-8-6-14(7-9-15)23-21(24)19-13-10-16-18(11-13)27-22(25)20(16)19/h2-9,13,16,18-20H,10-11H2,1H3,(H,23,24)/t13-,16+,18-,19-,20+/m1/s1. The molecule has 1 aliphatic heterocycles. The molecule has 2 aromatic carbocycles. The van der Waals surface area contributed by atoms with E-state index in [1.165, 1.54) is 0 Å². The number of para-hydroxylation sites is 1. The van der Waals surface area contributed by atoms with Gasteiger partial charge in [-0.15, -0.1) is 0 Å². The lowest BCUT2D eigenvalue weighted by atomic mass is 9.79. The van der Waals surface area contributed by atoms with Crippen LogP contribution in [0.1, 0.15) is 18.4 Å². The smallest absolute Gasteiger partial charge is 0.310 e. The van der Waals surface area contributed by atoms with Gasteiger partial charge in [-0.2, -0.15) is 0 Å². The molecular weight excluding hydrogens is 342 g/mol. The van der Waals surface area contributed by atoms with Crippen molar-refractivity contribution in [1.29, 1.82) is 0 Å². The van der Waals surface area contributed by atoms with Gasteiger partial charge in [-0.1, -0.05) is 18.2 Å². The van der Waals surface area contributed by atoms with Crippen molar-refractivity contribution in [1.82, 2.24) is 0 Å². The van der Waals surface area contributed by atoms with Crippen LogP contribution < -0.4 is 10.1 Å². The summed E-state index contributed by atoms with van der Waals surface area (Å²) in [4.78, 5) is 24.9. The van der Waals surface area contributed by atoms with E-state index in [4.69, 9.17) is 9.47 Å². The highest BCUT2D eigenvalue weighted by Gasteiger charge is 2.63. The van der Waals surface area contributed by atoms with E-state index in [0.717, 1.165) is 24.2 Å². The van der Waals surface area contributed by atoms with Crippen LogP contribution in [0.3, 0.4) is 0 Å². The molecule has 0 aromatic heterocycles. The van der Waals surface area contributed by atoms with Crippen LogP contribution in [-0.4, -0.2) is 18.0 Å². The molecule has 2 bridgehead atoms. The Labute approximate surface area is 157 Å². The summed E-state index contributed by atoms with van der Waals surface area (Å²) in [6, 6.07) is 15.2. The van der Waals surface area contributed by atoms with Crippen LogP contribution in [0.5, 0.6) is 11.5 Å². The predicted octanol–water partition coefficient (Wildman–Crippen LogP) is 3.92.